The molecule has 0 aromatic carbocycles. The van der Waals surface area contributed by atoms with Crippen molar-refractivity contribution in [2.45, 2.75) is 11.8 Å². The Morgan fingerprint density at radius 2 is 2.25 bits per heavy atom. The topological polar surface area (TPSA) is 17.1 Å². The Balaban J connectivity index is 3.24. The molecule has 1 unspecified atom stereocenters. The lowest BCUT2D eigenvalue weighted by atomic mass is 10.4. The monoisotopic (exact) mass is 171 g/mol. The lowest BCUT2D eigenvalue weighted by Crippen LogP contribution is -2.05. The van der Waals surface area contributed by atoms with Crippen LogP contribution in [0.5, 0.6) is 0 Å². The molecule has 0 aliphatic carbocycles. The van der Waals surface area contributed by atoms with Crippen LogP contribution in [0.1, 0.15) is 6.42 Å². The van der Waals surface area contributed by atoms with E-state index < -0.39 is 0 Å². The maximum Gasteiger partial charge on any atom is 0.0522 e. The zero-order valence-electron chi connectivity index (χ0n) is 4.06. The van der Waals surface area contributed by atoms with Gasteiger partial charge in [-0.15, -0.1) is 23.2 Å². The van der Waals surface area contributed by atoms with Gasteiger partial charge in [0.05, 0.1) is 5.38 Å². The van der Waals surface area contributed by atoms with E-state index in [4.69, 9.17) is 23.2 Å². The second-order valence-corrected chi connectivity index (χ2v) is 2.71. The molecule has 0 aromatic rings. The van der Waals surface area contributed by atoms with Crippen LogP contribution in [-0.2, 0) is 17.4 Å². The molecule has 1 nitrogen and oxygen atoms in total. The number of hydrogen-bond acceptors (Lipinski definition) is 2. The average Bonchev–Trinajstić information content (AvgIpc) is 1.65. The number of carbonyl (C=O) groups is 1. The molecule has 0 aliphatic heterocycles. The van der Waals surface area contributed by atoms with Crippen LogP contribution in [0.4, 0.5) is 0 Å². The highest BCUT2D eigenvalue weighted by atomic mass is 35.5. The van der Waals surface area contributed by atoms with Gasteiger partial charge in [-0.1, -0.05) is 0 Å². The van der Waals surface area contributed by atoms with Gasteiger partial charge in [-0.3, -0.25) is 0 Å². The zero-order valence-corrected chi connectivity index (χ0v) is 6.39. The molecule has 0 radical (unpaired) electrons. The number of carbonyl (C=O) groups excluding carboxylic acids is 1. The predicted molar refractivity (Wildman–Crippen MR) is 37.4 cm³/mol. The van der Waals surface area contributed by atoms with Gasteiger partial charge in [-0.2, -0.15) is 0 Å². The summed E-state index contributed by atoms with van der Waals surface area (Å²) in [6, 6.07) is 0. The smallest absolute Gasteiger partial charge is 0.0522 e. The van der Waals surface area contributed by atoms with Crippen LogP contribution in [0.2, 0.25) is 0 Å². The van der Waals surface area contributed by atoms with Gasteiger partial charge in [0, 0.05) is 17.4 Å². The van der Waals surface area contributed by atoms with Gasteiger partial charge in [-0.05, 0) is 0 Å². The van der Waals surface area contributed by atoms with E-state index in [1.54, 1.807) is 0 Å². The fourth-order valence-corrected chi connectivity index (χ4v) is 0.777. The van der Waals surface area contributed by atoms with Crippen molar-refractivity contribution in [3.63, 3.8) is 0 Å². The fourth-order valence-electron chi connectivity index (χ4n) is 0.235. The molecule has 0 aromatic heterocycles. The number of rotatable bonds is 3. The third kappa shape index (κ3) is 4.62. The van der Waals surface area contributed by atoms with Gasteiger partial charge >= 0.3 is 0 Å². The van der Waals surface area contributed by atoms with Crippen molar-refractivity contribution in [2.24, 2.45) is 0 Å². The van der Waals surface area contributed by atoms with Crippen LogP contribution in [0.25, 0.3) is 0 Å². The number of alkyl halides is 2. The van der Waals surface area contributed by atoms with E-state index in [9.17, 15) is 4.79 Å². The minimum Gasteiger partial charge on any atom is -0.742 e. The quantitative estimate of drug-likeness (QED) is 0.471. The Labute approximate surface area is 63.8 Å². The molecule has 0 rings (SSSR count). The van der Waals surface area contributed by atoms with Crippen LogP contribution >= 0.6 is 23.2 Å². The van der Waals surface area contributed by atoms with E-state index in [0.29, 0.717) is 0 Å². The minimum absolute atomic E-state index is 0.195. The third-order valence-corrected chi connectivity index (χ3v) is 1.56. The number of hydrogen-bond donors (Lipinski definition) is 0. The molecule has 0 amide bonds. The Morgan fingerprint density at radius 1 is 1.75 bits per heavy atom. The molecular weight excluding hydrogens is 167 g/mol. The van der Waals surface area contributed by atoms with E-state index in [2.05, 4.69) is 12.6 Å². The lowest BCUT2D eigenvalue weighted by molar-refractivity contribution is -0.110. The molecule has 1 atom stereocenters. The second kappa shape index (κ2) is 4.36. The summed E-state index contributed by atoms with van der Waals surface area (Å²) in [5.74, 6) is 0.282. The van der Waals surface area contributed by atoms with Gasteiger partial charge in [0.2, 0.25) is 0 Å². The van der Waals surface area contributed by atoms with Gasteiger partial charge in [0.15, 0.2) is 0 Å². The van der Waals surface area contributed by atoms with Crippen molar-refractivity contribution in [3.8, 4) is 0 Å². The molecular formula is C4H5Cl2OS-. The molecule has 0 heterocycles. The lowest BCUT2D eigenvalue weighted by Gasteiger charge is -2.05. The largest absolute Gasteiger partial charge is 0.742 e. The van der Waals surface area contributed by atoms with Crippen molar-refractivity contribution in [3.05, 3.63) is 0 Å². The van der Waals surface area contributed by atoms with E-state index in [1.165, 1.54) is 0 Å². The minimum atomic E-state index is -0.328. The Kier molecular flexibility index (Phi) is 4.61. The Bertz CT molecular complexity index is 86.1. The molecule has 48 valence electrons. The molecule has 0 fully saturated rings. The van der Waals surface area contributed by atoms with Crippen molar-refractivity contribution in [2.75, 3.05) is 5.88 Å². The summed E-state index contributed by atoms with van der Waals surface area (Å²) in [7, 11) is 0. The molecule has 8 heavy (non-hydrogen) atoms. The van der Waals surface area contributed by atoms with E-state index >= 15 is 0 Å². The summed E-state index contributed by atoms with van der Waals surface area (Å²) in [5, 5.41) is -0.618. The van der Waals surface area contributed by atoms with Crippen molar-refractivity contribution < 1.29 is 4.79 Å². The van der Waals surface area contributed by atoms with Gasteiger partial charge in [0.25, 0.3) is 0 Å². The summed E-state index contributed by atoms with van der Waals surface area (Å²) < 4.78 is 0. The van der Waals surface area contributed by atoms with Crippen LogP contribution < -0.4 is 0 Å². The van der Waals surface area contributed by atoms with Crippen molar-refractivity contribution in [1.29, 1.82) is 0 Å². The van der Waals surface area contributed by atoms with Crippen molar-refractivity contribution >= 4 is 40.9 Å². The molecule has 0 N–H and O–H groups in total. The maximum atomic E-state index is 10.1. The Hall–Kier alpha value is 0.470. The first-order valence-corrected chi connectivity index (χ1v) is 3.44. The fraction of sp³-hybridized carbons (Fsp3) is 0.750. The molecule has 4 heteroatoms. The van der Waals surface area contributed by atoms with E-state index in [1.807, 2.05) is 0 Å². The highest BCUT2D eigenvalue weighted by Crippen LogP contribution is 2.03. The van der Waals surface area contributed by atoms with Crippen molar-refractivity contribution in [1.82, 2.24) is 0 Å². The first-order chi connectivity index (χ1) is 3.66. The highest BCUT2D eigenvalue weighted by molar-refractivity contribution is 7.77. The number of halogens is 2. The molecule has 0 aliphatic rings. The zero-order chi connectivity index (χ0) is 6.57. The summed E-state index contributed by atoms with van der Waals surface area (Å²) in [4.78, 5) is 10.1. The van der Waals surface area contributed by atoms with Gasteiger partial charge < -0.3 is 17.4 Å². The standard InChI is InChI=1S/C4H6Cl2OS/c5-2-3(6)1-4(7)8/h3H,1-2H2,(H,7,8)/p-1. The summed E-state index contributed by atoms with van der Waals surface area (Å²) in [5.41, 5.74) is 0. The summed E-state index contributed by atoms with van der Waals surface area (Å²) in [6.07, 6.45) is 0.195. The third-order valence-electron chi connectivity index (χ3n) is 0.556. The Morgan fingerprint density at radius 3 is 2.38 bits per heavy atom. The molecule has 0 saturated carbocycles. The molecule has 0 spiro atoms. The second-order valence-electron chi connectivity index (χ2n) is 1.33. The normalized spacial score (nSPS) is 13.2. The van der Waals surface area contributed by atoms with E-state index in [0.717, 1.165) is 0 Å². The highest BCUT2D eigenvalue weighted by Gasteiger charge is 1.99. The molecule has 0 saturated heterocycles. The van der Waals surface area contributed by atoms with Crippen LogP contribution in [0.15, 0.2) is 0 Å². The summed E-state index contributed by atoms with van der Waals surface area (Å²) in [6.45, 7) is 0. The first-order valence-electron chi connectivity index (χ1n) is 2.06. The van der Waals surface area contributed by atoms with Gasteiger partial charge in [0.1, 0.15) is 0 Å². The van der Waals surface area contributed by atoms with Crippen LogP contribution in [0, 0.1) is 0 Å². The van der Waals surface area contributed by atoms with Crippen LogP contribution in [-0.4, -0.2) is 16.4 Å². The first kappa shape index (κ1) is 8.47. The summed E-state index contributed by atoms with van der Waals surface area (Å²) >= 11 is 14.9. The van der Waals surface area contributed by atoms with E-state index in [-0.39, 0.29) is 22.8 Å². The van der Waals surface area contributed by atoms with Gasteiger partial charge in [-0.25, -0.2) is 0 Å². The molecule has 0 bridgehead atoms. The average molecular weight is 172 g/mol. The van der Waals surface area contributed by atoms with Crippen LogP contribution in [0.3, 0.4) is 0 Å². The predicted octanol–water partition coefficient (Wildman–Crippen LogP) is 1.30. The maximum absolute atomic E-state index is 10.1. The SMILES string of the molecule is O=C([S-])CC(Cl)CCl.